The van der Waals surface area contributed by atoms with Crippen molar-refractivity contribution in [3.63, 3.8) is 0 Å². The van der Waals surface area contributed by atoms with E-state index in [9.17, 15) is 9.59 Å². The maximum Gasteiger partial charge on any atom is 0.253 e. The molecule has 0 saturated carbocycles. The average molecular weight is 343 g/mol. The van der Waals surface area contributed by atoms with E-state index in [0.717, 1.165) is 22.6 Å². The van der Waals surface area contributed by atoms with Crippen LogP contribution in [-0.2, 0) is 9.53 Å². The van der Waals surface area contributed by atoms with E-state index in [4.69, 9.17) is 4.74 Å². The zero-order valence-corrected chi connectivity index (χ0v) is 15.2. The van der Waals surface area contributed by atoms with Crippen LogP contribution in [0.3, 0.4) is 0 Å². The van der Waals surface area contributed by atoms with Gasteiger partial charge in [-0.05, 0) is 44.5 Å². The normalized spacial score (nSPS) is 10.6. The fourth-order valence-corrected chi connectivity index (χ4v) is 2.77. The number of ether oxygens (including phenoxy) is 1. The van der Waals surface area contributed by atoms with Gasteiger partial charge in [0.1, 0.15) is 0 Å². The molecule has 2 aromatic rings. The molecule has 0 aliphatic carbocycles. The number of benzene rings is 1. The first-order valence-electron chi connectivity index (χ1n) is 8.24. The number of hydrogen-bond donors (Lipinski definition) is 2. The van der Waals surface area contributed by atoms with Gasteiger partial charge >= 0.3 is 0 Å². The second kappa shape index (κ2) is 8.48. The molecule has 1 heterocycles. The van der Waals surface area contributed by atoms with Crippen LogP contribution in [0.25, 0.3) is 5.69 Å². The minimum atomic E-state index is -0.256. The summed E-state index contributed by atoms with van der Waals surface area (Å²) in [5.74, 6) is -0.494. The third kappa shape index (κ3) is 4.70. The summed E-state index contributed by atoms with van der Waals surface area (Å²) in [4.78, 5) is 24.1. The number of aromatic nitrogens is 1. The van der Waals surface area contributed by atoms with Gasteiger partial charge in [-0.3, -0.25) is 9.59 Å². The van der Waals surface area contributed by atoms with Crippen molar-refractivity contribution in [1.82, 2.24) is 15.2 Å². The lowest BCUT2D eigenvalue weighted by Gasteiger charge is -2.11. The molecule has 0 bridgehead atoms. The van der Waals surface area contributed by atoms with Gasteiger partial charge in [-0.25, -0.2) is 0 Å². The predicted octanol–water partition coefficient (Wildman–Crippen LogP) is 1.89. The van der Waals surface area contributed by atoms with Crippen LogP contribution >= 0.6 is 0 Å². The number of hydrogen-bond acceptors (Lipinski definition) is 3. The van der Waals surface area contributed by atoms with Gasteiger partial charge in [0.15, 0.2) is 0 Å². The van der Waals surface area contributed by atoms with Gasteiger partial charge in [0, 0.05) is 30.7 Å². The van der Waals surface area contributed by atoms with Gasteiger partial charge < -0.3 is 19.9 Å². The Hall–Kier alpha value is -2.60. The number of nitrogens with one attached hydrogen (secondary N) is 2. The Morgan fingerprint density at radius 1 is 1.12 bits per heavy atom. The molecular weight excluding hydrogens is 318 g/mol. The average Bonchev–Trinajstić information content (AvgIpc) is 2.87. The summed E-state index contributed by atoms with van der Waals surface area (Å²) >= 11 is 0. The Morgan fingerprint density at radius 3 is 2.56 bits per heavy atom. The quantitative estimate of drug-likeness (QED) is 0.754. The predicted molar refractivity (Wildman–Crippen MR) is 97.2 cm³/mol. The first kappa shape index (κ1) is 18.7. The van der Waals surface area contributed by atoms with E-state index in [1.807, 2.05) is 49.6 Å². The highest BCUT2D eigenvalue weighted by molar-refractivity contribution is 5.97. The maximum atomic E-state index is 12.4. The molecule has 1 aromatic heterocycles. The minimum Gasteiger partial charge on any atom is -0.383 e. The van der Waals surface area contributed by atoms with Crippen molar-refractivity contribution in [1.29, 1.82) is 0 Å². The van der Waals surface area contributed by atoms with Gasteiger partial charge in [0.05, 0.1) is 18.7 Å². The molecular formula is C19H25N3O3. The number of aryl methyl sites for hydroxylation is 2. The molecule has 1 aromatic carbocycles. The Morgan fingerprint density at radius 2 is 1.88 bits per heavy atom. The molecule has 0 radical (unpaired) electrons. The van der Waals surface area contributed by atoms with Crippen molar-refractivity contribution >= 4 is 11.8 Å². The minimum absolute atomic E-state index is 0.0589. The molecule has 6 heteroatoms. The molecule has 2 amide bonds. The van der Waals surface area contributed by atoms with E-state index < -0.39 is 0 Å². The Kier molecular flexibility index (Phi) is 6.36. The summed E-state index contributed by atoms with van der Waals surface area (Å²) in [6.45, 7) is 6.71. The zero-order chi connectivity index (χ0) is 18.4. The molecule has 0 spiro atoms. The maximum absolute atomic E-state index is 12.4. The Balaban J connectivity index is 2.09. The van der Waals surface area contributed by atoms with Gasteiger partial charge in [-0.1, -0.05) is 12.1 Å². The van der Waals surface area contributed by atoms with Crippen molar-refractivity contribution in [2.75, 3.05) is 26.8 Å². The van der Waals surface area contributed by atoms with Crippen LogP contribution in [0.2, 0.25) is 0 Å². The highest BCUT2D eigenvalue weighted by Crippen LogP contribution is 2.21. The van der Waals surface area contributed by atoms with Gasteiger partial charge in [0.2, 0.25) is 5.91 Å². The van der Waals surface area contributed by atoms with Crippen LogP contribution in [-0.4, -0.2) is 43.2 Å². The van der Waals surface area contributed by atoms with E-state index in [1.54, 1.807) is 7.11 Å². The lowest BCUT2D eigenvalue weighted by molar-refractivity contribution is -0.120. The lowest BCUT2D eigenvalue weighted by Crippen LogP contribution is -2.38. The molecule has 2 N–H and O–H groups in total. The molecule has 0 saturated heterocycles. The van der Waals surface area contributed by atoms with Gasteiger partial charge in [-0.2, -0.15) is 0 Å². The third-order valence-electron chi connectivity index (χ3n) is 3.97. The van der Waals surface area contributed by atoms with Crippen LogP contribution in [0, 0.1) is 20.8 Å². The fourth-order valence-electron chi connectivity index (χ4n) is 2.77. The number of rotatable bonds is 7. The SMILES string of the molecule is COCCNC(=O)CNC(=O)c1cc(C)n(-c2cccc(C)c2)c1C. The molecule has 2 rings (SSSR count). The number of methoxy groups -OCH3 is 1. The molecule has 0 unspecified atom stereocenters. The molecule has 0 atom stereocenters. The first-order chi connectivity index (χ1) is 11.9. The van der Waals surface area contributed by atoms with Crippen molar-refractivity contribution in [3.8, 4) is 5.69 Å². The summed E-state index contributed by atoms with van der Waals surface area (Å²) < 4.78 is 6.91. The van der Waals surface area contributed by atoms with E-state index in [2.05, 4.69) is 16.7 Å². The molecule has 0 aliphatic heterocycles. The van der Waals surface area contributed by atoms with E-state index in [0.29, 0.717) is 18.7 Å². The molecule has 134 valence electrons. The summed E-state index contributed by atoms with van der Waals surface area (Å²) in [7, 11) is 1.57. The van der Waals surface area contributed by atoms with Crippen molar-refractivity contribution < 1.29 is 14.3 Å². The van der Waals surface area contributed by atoms with Crippen LogP contribution < -0.4 is 10.6 Å². The molecule has 25 heavy (non-hydrogen) atoms. The van der Waals surface area contributed by atoms with Crippen LogP contribution in [0.5, 0.6) is 0 Å². The highest BCUT2D eigenvalue weighted by Gasteiger charge is 2.17. The first-order valence-corrected chi connectivity index (χ1v) is 8.24. The summed E-state index contributed by atoms with van der Waals surface area (Å²) in [6.07, 6.45) is 0. The summed E-state index contributed by atoms with van der Waals surface area (Å²) in [5, 5.41) is 5.33. The zero-order valence-electron chi connectivity index (χ0n) is 15.2. The second-order valence-electron chi connectivity index (χ2n) is 5.98. The van der Waals surface area contributed by atoms with Crippen molar-refractivity contribution in [3.05, 3.63) is 52.8 Å². The highest BCUT2D eigenvalue weighted by atomic mass is 16.5. The topological polar surface area (TPSA) is 72.4 Å². The molecule has 0 fully saturated rings. The van der Waals surface area contributed by atoms with Gasteiger partial charge in [0.25, 0.3) is 5.91 Å². The third-order valence-corrected chi connectivity index (χ3v) is 3.97. The number of nitrogens with zero attached hydrogens (tertiary/aromatic N) is 1. The second-order valence-corrected chi connectivity index (χ2v) is 5.98. The lowest BCUT2D eigenvalue weighted by atomic mass is 10.2. The molecule has 6 nitrogen and oxygen atoms in total. The number of amides is 2. The largest absolute Gasteiger partial charge is 0.383 e. The van der Waals surface area contributed by atoms with E-state index >= 15 is 0 Å². The fraction of sp³-hybridized carbons (Fsp3) is 0.368. The monoisotopic (exact) mass is 343 g/mol. The molecule has 0 aliphatic rings. The van der Waals surface area contributed by atoms with E-state index in [1.165, 1.54) is 0 Å². The van der Waals surface area contributed by atoms with Crippen molar-refractivity contribution in [2.45, 2.75) is 20.8 Å². The van der Waals surface area contributed by atoms with Gasteiger partial charge in [-0.15, -0.1) is 0 Å². The van der Waals surface area contributed by atoms with Crippen LogP contribution in [0.1, 0.15) is 27.3 Å². The van der Waals surface area contributed by atoms with Crippen molar-refractivity contribution in [2.24, 2.45) is 0 Å². The Bertz CT molecular complexity index is 765. The smallest absolute Gasteiger partial charge is 0.253 e. The number of carbonyl (C=O) groups is 2. The number of carbonyl (C=O) groups excluding carboxylic acids is 2. The summed E-state index contributed by atoms with van der Waals surface area (Å²) in [6, 6.07) is 9.96. The Labute approximate surface area is 148 Å². The van der Waals surface area contributed by atoms with Crippen LogP contribution in [0.4, 0.5) is 0 Å². The summed E-state index contributed by atoms with van der Waals surface area (Å²) in [5.41, 5.74) is 4.57. The van der Waals surface area contributed by atoms with Crippen LogP contribution in [0.15, 0.2) is 30.3 Å². The van der Waals surface area contributed by atoms with E-state index in [-0.39, 0.29) is 18.4 Å². The standard InChI is InChI=1S/C19H25N3O3/c1-13-6-5-7-16(10-13)22-14(2)11-17(15(22)3)19(24)21-12-18(23)20-8-9-25-4/h5-7,10-11H,8-9,12H2,1-4H3,(H,20,23)(H,21,24).